The van der Waals surface area contributed by atoms with Crippen LogP contribution in [0.25, 0.3) is 10.9 Å². The van der Waals surface area contributed by atoms with Gasteiger partial charge in [0, 0.05) is 23.5 Å². The van der Waals surface area contributed by atoms with Crippen LogP contribution in [0.4, 0.5) is 5.82 Å². The van der Waals surface area contributed by atoms with Crippen LogP contribution < -0.4 is 9.64 Å². The van der Waals surface area contributed by atoms with Crippen LogP contribution in [0.3, 0.4) is 0 Å². The summed E-state index contributed by atoms with van der Waals surface area (Å²) in [6, 6.07) is 18.1. The number of hydrogen-bond donors (Lipinski definition) is 0. The lowest BCUT2D eigenvalue weighted by Crippen LogP contribution is -2.39. The summed E-state index contributed by atoms with van der Waals surface area (Å²) in [6.45, 7) is 7.25. The third-order valence-corrected chi connectivity index (χ3v) is 5.38. The van der Waals surface area contributed by atoms with E-state index in [0.717, 1.165) is 46.1 Å². The molecule has 4 rings (SSSR count). The molecule has 2 atom stereocenters. The SMILES string of the molecule is CC1CC(C)CN(c2ccc3cccc(OCc4cccc(Cl)c4)c3n2)C1. The molecule has 1 fully saturated rings. The number of aromatic nitrogens is 1. The maximum atomic E-state index is 6.11. The van der Waals surface area contributed by atoms with Crippen LogP contribution in [0.5, 0.6) is 5.75 Å². The summed E-state index contributed by atoms with van der Waals surface area (Å²) in [6.07, 6.45) is 1.29. The van der Waals surface area contributed by atoms with Crippen molar-refractivity contribution in [1.82, 2.24) is 4.98 Å². The zero-order valence-corrected chi connectivity index (χ0v) is 16.6. The van der Waals surface area contributed by atoms with Crippen LogP contribution in [-0.2, 0) is 6.61 Å². The Morgan fingerprint density at radius 2 is 1.81 bits per heavy atom. The lowest BCUT2D eigenvalue weighted by molar-refractivity contribution is 0.309. The molecular formula is C23H25ClN2O. The molecule has 140 valence electrons. The highest BCUT2D eigenvalue weighted by Crippen LogP contribution is 2.30. The van der Waals surface area contributed by atoms with Crippen LogP contribution in [-0.4, -0.2) is 18.1 Å². The lowest BCUT2D eigenvalue weighted by Gasteiger charge is -2.35. The van der Waals surface area contributed by atoms with Crippen LogP contribution in [0, 0.1) is 11.8 Å². The smallest absolute Gasteiger partial charge is 0.146 e. The largest absolute Gasteiger partial charge is 0.487 e. The summed E-state index contributed by atoms with van der Waals surface area (Å²) >= 11 is 6.08. The van der Waals surface area contributed by atoms with E-state index in [1.165, 1.54) is 6.42 Å². The second kappa shape index (κ2) is 7.77. The minimum absolute atomic E-state index is 0.476. The maximum absolute atomic E-state index is 6.11. The van der Waals surface area contributed by atoms with Crippen LogP contribution in [0.1, 0.15) is 25.8 Å². The van der Waals surface area contributed by atoms with Crippen LogP contribution >= 0.6 is 11.6 Å². The van der Waals surface area contributed by atoms with E-state index in [0.29, 0.717) is 18.4 Å². The molecule has 0 saturated carbocycles. The number of fused-ring (bicyclic) bond motifs is 1. The number of piperidine rings is 1. The molecular weight excluding hydrogens is 356 g/mol. The molecule has 27 heavy (non-hydrogen) atoms. The number of para-hydroxylation sites is 1. The second-order valence-corrected chi connectivity index (χ2v) is 8.20. The number of nitrogens with zero attached hydrogens (tertiary/aromatic N) is 2. The Balaban J connectivity index is 1.61. The lowest BCUT2D eigenvalue weighted by atomic mass is 9.92. The van der Waals surface area contributed by atoms with E-state index >= 15 is 0 Å². The van der Waals surface area contributed by atoms with Crippen molar-refractivity contribution < 1.29 is 4.74 Å². The molecule has 2 aromatic carbocycles. The highest BCUT2D eigenvalue weighted by Gasteiger charge is 2.23. The van der Waals surface area contributed by atoms with Gasteiger partial charge in [-0.1, -0.05) is 49.7 Å². The fraction of sp³-hybridized carbons (Fsp3) is 0.348. The van der Waals surface area contributed by atoms with Crippen LogP contribution in [0.2, 0.25) is 5.02 Å². The van der Waals surface area contributed by atoms with Gasteiger partial charge in [-0.05, 0) is 54.2 Å². The fourth-order valence-corrected chi connectivity index (χ4v) is 4.25. The first-order valence-corrected chi connectivity index (χ1v) is 9.98. The summed E-state index contributed by atoms with van der Waals surface area (Å²) in [7, 11) is 0. The predicted molar refractivity (Wildman–Crippen MR) is 113 cm³/mol. The number of rotatable bonds is 4. The first-order chi connectivity index (χ1) is 13.1. The number of ether oxygens (including phenoxy) is 1. The summed E-state index contributed by atoms with van der Waals surface area (Å²) in [4.78, 5) is 7.38. The average Bonchev–Trinajstić information content (AvgIpc) is 2.65. The molecule has 0 radical (unpaired) electrons. The molecule has 2 unspecified atom stereocenters. The van der Waals surface area contributed by atoms with Gasteiger partial charge in [-0.2, -0.15) is 0 Å². The molecule has 3 aromatic rings. The Kier molecular flexibility index (Phi) is 5.22. The Morgan fingerprint density at radius 1 is 1.04 bits per heavy atom. The fourth-order valence-electron chi connectivity index (χ4n) is 4.04. The summed E-state index contributed by atoms with van der Waals surface area (Å²) in [5.41, 5.74) is 1.97. The Labute approximate surface area is 165 Å². The van der Waals surface area contributed by atoms with E-state index in [1.54, 1.807) is 0 Å². The van der Waals surface area contributed by atoms with Crippen LogP contribution in [0.15, 0.2) is 54.6 Å². The van der Waals surface area contributed by atoms with Gasteiger partial charge in [-0.15, -0.1) is 0 Å². The Bertz CT molecular complexity index is 933. The number of benzene rings is 2. The van der Waals surface area contributed by atoms with Crippen molar-refractivity contribution in [2.24, 2.45) is 11.8 Å². The summed E-state index contributed by atoms with van der Waals surface area (Å²) in [5, 5.41) is 1.82. The van der Waals surface area contributed by atoms with Gasteiger partial charge in [0.2, 0.25) is 0 Å². The van der Waals surface area contributed by atoms with Gasteiger partial charge in [0.05, 0.1) is 0 Å². The standard InChI is InChI=1S/C23H25ClN2O/c1-16-11-17(2)14-26(13-16)22-10-9-19-6-4-8-21(23(19)25-22)27-15-18-5-3-7-20(24)12-18/h3-10,12,16-17H,11,13-15H2,1-2H3. The van der Waals surface area contributed by atoms with Crippen molar-refractivity contribution in [2.75, 3.05) is 18.0 Å². The van der Waals surface area contributed by atoms with E-state index in [4.69, 9.17) is 21.3 Å². The molecule has 2 heterocycles. The van der Waals surface area contributed by atoms with E-state index in [9.17, 15) is 0 Å². The first-order valence-electron chi connectivity index (χ1n) is 9.60. The minimum Gasteiger partial charge on any atom is -0.487 e. The maximum Gasteiger partial charge on any atom is 0.146 e. The van der Waals surface area contributed by atoms with Gasteiger partial charge in [0.25, 0.3) is 0 Å². The van der Waals surface area contributed by atoms with Crippen molar-refractivity contribution in [3.63, 3.8) is 0 Å². The monoisotopic (exact) mass is 380 g/mol. The van der Waals surface area contributed by atoms with Crippen molar-refractivity contribution in [1.29, 1.82) is 0 Å². The second-order valence-electron chi connectivity index (χ2n) is 7.77. The average molecular weight is 381 g/mol. The normalized spacial score (nSPS) is 20.0. The number of hydrogen-bond acceptors (Lipinski definition) is 3. The van der Waals surface area contributed by atoms with Gasteiger partial charge < -0.3 is 9.64 Å². The van der Waals surface area contributed by atoms with Crippen molar-refractivity contribution in [2.45, 2.75) is 26.9 Å². The van der Waals surface area contributed by atoms with E-state index < -0.39 is 0 Å². The molecule has 0 bridgehead atoms. The van der Waals surface area contributed by atoms with Gasteiger partial charge in [-0.25, -0.2) is 4.98 Å². The highest BCUT2D eigenvalue weighted by molar-refractivity contribution is 6.30. The van der Waals surface area contributed by atoms with Gasteiger partial charge in [0.1, 0.15) is 23.7 Å². The third kappa shape index (κ3) is 4.19. The summed E-state index contributed by atoms with van der Waals surface area (Å²) < 4.78 is 6.11. The molecule has 3 nitrogen and oxygen atoms in total. The van der Waals surface area contributed by atoms with E-state index in [1.807, 2.05) is 36.4 Å². The molecule has 1 aromatic heterocycles. The zero-order valence-electron chi connectivity index (χ0n) is 15.9. The molecule has 4 heteroatoms. The van der Waals surface area contributed by atoms with Crippen molar-refractivity contribution >= 4 is 28.3 Å². The van der Waals surface area contributed by atoms with Gasteiger partial charge in [-0.3, -0.25) is 0 Å². The quantitative estimate of drug-likeness (QED) is 0.559. The molecule has 0 spiro atoms. The van der Waals surface area contributed by atoms with E-state index in [2.05, 4.69) is 36.9 Å². The zero-order chi connectivity index (χ0) is 18.8. The molecule has 0 aliphatic carbocycles. The number of halogens is 1. The van der Waals surface area contributed by atoms with Crippen molar-refractivity contribution in [3.8, 4) is 5.75 Å². The van der Waals surface area contributed by atoms with Gasteiger partial charge >= 0.3 is 0 Å². The topological polar surface area (TPSA) is 25.4 Å². The Hall–Kier alpha value is -2.26. The van der Waals surface area contributed by atoms with E-state index in [-0.39, 0.29) is 0 Å². The summed E-state index contributed by atoms with van der Waals surface area (Å²) in [5.74, 6) is 3.24. The predicted octanol–water partition coefficient (Wildman–Crippen LogP) is 5.95. The first kappa shape index (κ1) is 18.1. The molecule has 1 saturated heterocycles. The Morgan fingerprint density at radius 3 is 2.59 bits per heavy atom. The molecule has 1 aliphatic rings. The highest BCUT2D eigenvalue weighted by atomic mass is 35.5. The van der Waals surface area contributed by atoms with Crippen molar-refractivity contribution in [3.05, 3.63) is 65.2 Å². The minimum atomic E-state index is 0.476. The molecule has 1 aliphatic heterocycles. The molecule has 0 amide bonds. The third-order valence-electron chi connectivity index (χ3n) is 5.14. The number of anilines is 1. The molecule has 0 N–H and O–H groups in total. The van der Waals surface area contributed by atoms with Gasteiger partial charge in [0.15, 0.2) is 0 Å². The number of pyridine rings is 1.